The second-order valence-electron chi connectivity index (χ2n) is 6.63. The van der Waals surface area contributed by atoms with E-state index in [9.17, 15) is 8.78 Å². The summed E-state index contributed by atoms with van der Waals surface area (Å²) >= 11 is 1.81. The highest BCUT2D eigenvalue weighted by Gasteiger charge is 2.34. The molecule has 1 fully saturated rings. The molecule has 9 heteroatoms. The maximum Gasteiger partial charge on any atom is 0.319 e. The summed E-state index contributed by atoms with van der Waals surface area (Å²) in [5, 5.41) is 8.62. The molecule has 0 saturated heterocycles. The quantitative estimate of drug-likeness (QED) is 0.342. The van der Waals surface area contributed by atoms with Crippen LogP contribution in [0.25, 0.3) is 0 Å². The molecular formula is C18H26F2IN5S. The third-order valence-corrected chi connectivity index (χ3v) is 6.16. The van der Waals surface area contributed by atoms with Crippen LogP contribution in [0.1, 0.15) is 49.4 Å². The summed E-state index contributed by atoms with van der Waals surface area (Å²) < 4.78 is 26.7. The molecule has 1 aliphatic rings. The Hall–Kier alpha value is -1.23. The van der Waals surface area contributed by atoms with Crippen LogP contribution in [0.15, 0.2) is 34.9 Å². The van der Waals surface area contributed by atoms with Crippen LogP contribution in [-0.2, 0) is 12.0 Å². The molecule has 27 heavy (non-hydrogen) atoms. The molecule has 150 valence electrons. The van der Waals surface area contributed by atoms with Crippen molar-refractivity contribution in [3.8, 4) is 0 Å². The predicted molar refractivity (Wildman–Crippen MR) is 116 cm³/mol. The van der Waals surface area contributed by atoms with Gasteiger partial charge in [-0.25, -0.2) is 4.98 Å². The Balaban J connectivity index is 0.00000261. The van der Waals surface area contributed by atoms with E-state index >= 15 is 0 Å². The Morgan fingerprint density at radius 1 is 1.33 bits per heavy atom. The zero-order valence-corrected chi connectivity index (χ0v) is 18.5. The van der Waals surface area contributed by atoms with Gasteiger partial charge in [-0.15, -0.1) is 35.3 Å². The molecule has 0 atom stereocenters. The lowest BCUT2D eigenvalue weighted by atomic mass is 9.73. The van der Waals surface area contributed by atoms with E-state index in [4.69, 9.17) is 0 Å². The third-order valence-electron chi connectivity index (χ3n) is 5.05. The van der Waals surface area contributed by atoms with Gasteiger partial charge in [0, 0.05) is 36.3 Å². The Labute approximate surface area is 179 Å². The number of hydrogen-bond acceptors (Lipinski definition) is 3. The highest BCUT2D eigenvalue weighted by atomic mass is 127. The van der Waals surface area contributed by atoms with Crippen LogP contribution in [0.4, 0.5) is 8.78 Å². The van der Waals surface area contributed by atoms with Gasteiger partial charge in [0.1, 0.15) is 5.82 Å². The number of thiophene rings is 1. The molecule has 0 unspecified atom stereocenters. The van der Waals surface area contributed by atoms with Crippen molar-refractivity contribution >= 4 is 41.3 Å². The third kappa shape index (κ3) is 5.40. The van der Waals surface area contributed by atoms with Crippen molar-refractivity contribution in [1.29, 1.82) is 0 Å². The second kappa shape index (κ2) is 10.4. The molecule has 2 aromatic rings. The normalized spacial score (nSPS) is 16.8. The van der Waals surface area contributed by atoms with Crippen LogP contribution < -0.4 is 10.6 Å². The number of hydrogen-bond donors (Lipinski definition) is 2. The predicted octanol–water partition coefficient (Wildman–Crippen LogP) is 4.52. The van der Waals surface area contributed by atoms with Gasteiger partial charge in [0.15, 0.2) is 5.96 Å². The van der Waals surface area contributed by atoms with Gasteiger partial charge in [-0.3, -0.25) is 9.56 Å². The molecule has 2 heterocycles. The standard InChI is InChI=1S/C18H25F2N5S.HI/c1-21-17(23-12-15-22-9-10-25(15)16(19)20)24-13-18(7-3-2-4-8-18)14-6-5-11-26-14;/h5-6,9-11,16H,2-4,7-8,12-13H2,1H3,(H2,21,23,24);1H. The fourth-order valence-electron chi connectivity index (χ4n) is 3.61. The fraction of sp³-hybridized carbons (Fsp3) is 0.556. The van der Waals surface area contributed by atoms with Crippen LogP contribution in [-0.4, -0.2) is 29.1 Å². The van der Waals surface area contributed by atoms with Crippen molar-refractivity contribution < 1.29 is 8.78 Å². The van der Waals surface area contributed by atoms with Crippen LogP contribution in [0.2, 0.25) is 0 Å². The van der Waals surface area contributed by atoms with Gasteiger partial charge in [0.25, 0.3) is 0 Å². The summed E-state index contributed by atoms with van der Waals surface area (Å²) in [6.45, 7) is -1.60. The number of imidazole rings is 1. The molecule has 1 saturated carbocycles. The van der Waals surface area contributed by atoms with E-state index in [1.54, 1.807) is 7.05 Å². The molecular weight excluding hydrogens is 483 g/mol. The van der Waals surface area contributed by atoms with Crippen molar-refractivity contribution in [2.75, 3.05) is 13.6 Å². The lowest BCUT2D eigenvalue weighted by molar-refractivity contribution is 0.0668. The number of halogens is 3. The number of aromatic nitrogens is 2. The molecule has 3 rings (SSSR count). The number of aliphatic imine (C=N–C) groups is 1. The lowest BCUT2D eigenvalue weighted by Crippen LogP contribution is -2.46. The maximum atomic E-state index is 12.9. The number of rotatable bonds is 6. The monoisotopic (exact) mass is 509 g/mol. The minimum atomic E-state index is -2.59. The minimum absolute atomic E-state index is 0. The molecule has 0 aromatic carbocycles. The number of guanidine groups is 1. The van der Waals surface area contributed by atoms with Gasteiger partial charge in [-0.05, 0) is 24.3 Å². The Morgan fingerprint density at radius 2 is 2.11 bits per heavy atom. The van der Waals surface area contributed by atoms with E-state index in [2.05, 4.69) is 38.1 Å². The molecule has 5 nitrogen and oxygen atoms in total. The SMILES string of the molecule is CN=C(NCc1nccn1C(F)F)NCC1(c2cccs2)CCCCC1.I. The zero-order chi connectivity index (χ0) is 18.4. The topological polar surface area (TPSA) is 54.2 Å². The van der Waals surface area contributed by atoms with Crippen LogP contribution >= 0.6 is 35.3 Å². The highest BCUT2D eigenvalue weighted by Crippen LogP contribution is 2.41. The van der Waals surface area contributed by atoms with Gasteiger partial charge in [0.05, 0.1) is 6.54 Å². The number of alkyl halides is 2. The van der Waals surface area contributed by atoms with Crippen molar-refractivity contribution in [2.45, 2.75) is 50.6 Å². The average Bonchev–Trinajstić information content (AvgIpc) is 3.35. The number of nitrogens with one attached hydrogen (secondary N) is 2. The fourth-order valence-corrected chi connectivity index (χ4v) is 4.60. The summed E-state index contributed by atoms with van der Waals surface area (Å²) in [5.41, 5.74) is 0.130. The van der Waals surface area contributed by atoms with E-state index in [0.29, 0.717) is 5.96 Å². The first-order valence-electron chi connectivity index (χ1n) is 8.93. The zero-order valence-electron chi connectivity index (χ0n) is 15.3. The average molecular weight is 509 g/mol. The van der Waals surface area contributed by atoms with Gasteiger partial charge in [-0.1, -0.05) is 25.3 Å². The minimum Gasteiger partial charge on any atom is -0.355 e. The van der Waals surface area contributed by atoms with E-state index in [-0.39, 0.29) is 41.8 Å². The highest BCUT2D eigenvalue weighted by molar-refractivity contribution is 14.0. The van der Waals surface area contributed by atoms with Crippen LogP contribution in [0.5, 0.6) is 0 Å². The van der Waals surface area contributed by atoms with Gasteiger partial charge in [-0.2, -0.15) is 8.78 Å². The Kier molecular flexibility index (Phi) is 8.46. The largest absolute Gasteiger partial charge is 0.355 e. The molecule has 0 radical (unpaired) electrons. The summed E-state index contributed by atoms with van der Waals surface area (Å²) in [5.74, 6) is 0.893. The van der Waals surface area contributed by atoms with E-state index in [0.717, 1.165) is 24.0 Å². The van der Waals surface area contributed by atoms with Gasteiger partial charge >= 0.3 is 6.55 Å². The molecule has 0 amide bonds. The Bertz CT molecular complexity index is 711. The van der Waals surface area contributed by atoms with Crippen LogP contribution in [0, 0.1) is 0 Å². The Morgan fingerprint density at radius 3 is 2.74 bits per heavy atom. The first-order valence-corrected chi connectivity index (χ1v) is 9.81. The van der Waals surface area contributed by atoms with Crippen molar-refractivity contribution in [1.82, 2.24) is 20.2 Å². The molecule has 1 aliphatic carbocycles. The van der Waals surface area contributed by atoms with E-state index < -0.39 is 6.55 Å². The molecule has 0 aliphatic heterocycles. The van der Waals surface area contributed by atoms with Crippen LogP contribution in [0.3, 0.4) is 0 Å². The summed E-state index contributed by atoms with van der Waals surface area (Å²) in [7, 11) is 1.69. The second-order valence-corrected chi connectivity index (χ2v) is 7.57. The lowest BCUT2D eigenvalue weighted by Gasteiger charge is -2.37. The van der Waals surface area contributed by atoms with E-state index in [1.807, 2.05) is 11.3 Å². The van der Waals surface area contributed by atoms with Gasteiger partial charge in [0.2, 0.25) is 0 Å². The first-order chi connectivity index (χ1) is 12.6. The smallest absolute Gasteiger partial charge is 0.319 e. The molecule has 2 N–H and O–H groups in total. The van der Waals surface area contributed by atoms with Crippen molar-refractivity contribution in [2.24, 2.45) is 4.99 Å². The molecule has 2 aromatic heterocycles. The summed E-state index contributed by atoms with van der Waals surface area (Å²) in [6.07, 6.45) is 8.74. The van der Waals surface area contributed by atoms with Crippen molar-refractivity contribution in [3.05, 3.63) is 40.6 Å². The molecule has 0 spiro atoms. The van der Waals surface area contributed by atoms with Crippen molar-refractivity contribution in [3.63, 3.8) is 0 Å². The summed E-state index contributed by atoms with van der Waals surface area (Å²) in [6, 6.07) is 4.32. The summed E-state index contributed by atoms with van der Waals surface area (Å²) in [4.78, 5) is 9.63. The van der Waals surface area contributed by atoms with E-state index in [1.165, 1.54) is 36.5 Å². The maximum absolute atomic E-state index is 12.9. The first kappa shape index (κ1) is 22.1. The molecule has 0 bridgehead atoms. The van der Waals surface area contributed by atoms with Gasteiger partial charge < -0.3 is 10.6 Å². The number of nitrogens with zero attached hydrogens (tertiary/aromatic N) is 3.